The molecule has 2 aromatic heterocycles. The summed E-state index contributed by atoms with van der Waals surface area (Å²) in [5, 5.41) is 20.4. The Hall–Kier alpha value is -2.75. The molecule has 11 heteroatoms. The molecular weight excluding hydrogens is 620 g/mol. The van der Waals surface area contributed by atoms with E-state index in [1.807, 2.05) is 6.08 Å². The van der Waals surface area contributed by atoms with Crippen molar-refractivity contribution < 1.29 is 14.0 Å². The van der Waals surface area contributed by atoms with Crippen molar-refractivity contribution in [1.82, 2.24) is 18.8 Å². The molecule has 0 radical (unpaired) electrons. The first-order valence-electron chi connectivity index (χ1n) is 16.5. The number of allylic oxidation sites excluding steroid dienone is 8. The van der Waals surface area contributed by atoms with Crippen molar-refractivity contribution in [2.45, 2.75) is 99.1 Å². The summed E-state index contributed by atoms with van der Waals surface area (Å²) in [5.41, 5.74) is 3.59. The fourth-order valence-electron chi connectivity index (χ4n) is 5.79. The second kappa shape index (κ2) is 19.2. The lowest BCUT2D eigenvalue weighted by Crippen LogP contribution is -2.31. The zero-order valence-electron chi connectivity index (χ0n) is 28.4. The van der Waals surface area contributed by atoms with Crippen LogP contribution in [0.25, 0.3) is 5.57 Å². The van der Waals surface area contributed by atoms with Crippen molar-refractivity contribution in [3.63, 3.8) is 0 Å². The molecule has 0 aliphatic heterocycles. The number of anilines is 2. The van der Waals surface area contributed by atoms with Crippen molar-refractivity contribution in [2.24, 2.45) is 5.92 Å². The van der Waals surface area contributed by atoms with E-state index in [1.54, 1.807) is 18.4 Å². The van der Waals surface area contributed by atoms with Crippen LogP contribution >= 0.6 is 11.3 Å². The minimum absolute atomic E-state index is 0.171. The lowest BCUT2D eigenvalue weighted by atomic mass is 9.97. The van der Waals surface area contributed by atoms with Crippen LogP contribution in [0.4, 0.5) is 15.3 Å². The SMILES string of the molecule is CCCN(CCCC(C)C/C(C)=C/Cn1c(CC)nc(CCC#N)c1N(CC)c1nc(C2=CC=C(F)CC=C2)c(CO)s1)[S+](C)[O-]. The number of rotatable bonds is 19. The molecule has 0 aromatic carbocycles. The molecule has 3 rings (SSSR count). The lowest BCUT2D eigenvalue weighted by molar-refractivity contribution is 0.285. The fourth-order valence-corrected chi connectivity index (χ4v) is 7.62. The highest BCUT2D eigenvalue weighted by Crippen LogP contribution is 2.38. The summed E-state index contributed by atoms with van der Waals surface area (Å²) in [6, 6.07) is 2.27. The number of aliphatic hydroxyl groups is 1. The summed E-state index contributed by atoms with van der Waals surface area (Å²) in [5.74, 6) is 2.18. The van der Waals surface area contributed by atoms with Crippen LogP contribution in [0, 0.1) is 17.2 Å². The average molecular weight is 671 g/mol. The van der Waals surface area contributed by atoms with E-state index in [9.17, 15) is 19.3 Å². The normalized spacial score (nSPS) is 15.0. The highest BCUT2D eigenvalue weighted by Gasteiger charge is 2.26. The first-order valence-corrected chi connectivity index (χ1v) is 18.8. The quantitative estimate of drug-likeness (QED) is 0.119. The van der Waals surface area contributed by atoms with Gasteiger partial charge in [0.1, 0.15) is 23.7 Å². The first kappa shape index (κ1) is 37.7. The van der Waals surface area contributed by atoms with Gasteiger partial charge in [-0.3, -0.25) is 0 Å². The Morgan fingerprint density at radius 3 is 2.72 bits per heavy atom. The number of aromatic nitrogens is 3. The lowest BCUT2D eigenvalue weighted by Gasteiger charge is -2.23. The zero-order chi connectivity index (χ0) is 33.6. The van der Waals surface area contributed by atoms with E-state index in [1.165, 1.54) is 23.0 Å². The number of halogens is 1. The Morgan fingerprint density at radius 1 is 1.28 bits per heavy atom. The third kappa shape index (κ3) is 10.4. The summed E-state index contributed by atoms with van der Waals surface area (Å²) < 4.78 is 30.2. The molecule has 1 N–H and O–H groups in total. The van der Waals surface area contributed by atoms with Crippen molar-refractivity contribution in [1.29, 1.82) is 5.26 Å². The monoisotopic (exact) mass is 670 g/mol. The van der Waals surface area contributed by atoms with Gasteiger partial charge in [-0.25, -0.2) is 14.4 Å². The molecule has 252 valence electrons. The van der Waals surface area contributed by atoms with Crippen LogP contribution < -0.4 is 4.90 Å². The van der Waals surface area contributed by atoms with Gasteiger partial charge >= 0.3 is 0 Å². The van der Waals surface area contributed by atoms with Gasteiger partial charge in [-0.1, -0.05) is 62.0 Å². The van der Waals surface area contributed by atoms with Crippen molar-refractivity contribution in [3.8, 4) is 6.07 Å². The predicted molar refractivity (Wildman–Crippen MR) is 190 cm³/mol. The first-order chi connectivity index (χ1) is 22.2. The third-order valence-corrected chi connectivity index (χ3v) is 10.2. The number of hydrogen-bond donors (Lipinski definition) is 1. The number of nitriles is 1. The van der Waals surface area contributed by atoms with E-state index in [4.69, 9.17) is 9.97 Å². The predicted octanol–water partition coefficient (Wildman–Crippen LogP) is 7.96. The van der Waals surface area contributed by atoms with Gasteiger partial charge in [0.25, 0.3) is 0 Å². The maximum atomic E-state index is 13.9. The van der Waals surface area contributed by atoms with E-state index in [2.05, 4.69) is 60.5 Å². The largest absolute Gasteiger partial charge is 0.598 e. The topological polar surface area (TPSA) is 104 Å². The van der Waals surface area contributed by atoms with Gasteiger partial charge in [0.2, 0.25) is 0 Å². The highest BCUT2D eigenvalue weighted by molar-refractivity contribution is 7.88. The Bertz CT molecular complexity index is 1440. The molecular formula is C35H51FN6O2S2. The Balaban J connectivity index is 1.90. The molecule has 2 atom stereocenters. The molecule has 0 spiro atoms. The van der Waals surface area contributed by atoms with E-state index in [0.29, 0.717) is 42.4 Å². The molecule has 1 aliphatic carbocycles. The third-order valence-electron chi connectivity index (χ3n) is 8.07. The molecule has 46 heavy (non-hydrogen) atoms. The van der Waals surface area contributed by atoms with E-state index >= 15 is 0 Å². The van der Waals surface area contributed by atoms with Gasteiger partial charge in [-0.2, -0.15) is 5.26 Å². The van der Waals surface area contributed by atoms with Crippen LogP contribution in [0.5, 0.6) is 0 Å². The maximum absolute atomic E-state index is 13.9. The highest BCUT2D eigenvalue weighted by atomic mass is 32.2. The van der Waals surface area contributed by atoms with Crippen LogP contribution in [-0.4, -0.2) is 54.4 Å². The van der Waals surface area contributed by atoms with E-state index < -0.39 is 11.4 Å². The number of hydrogen-bond acceptors (Lipinski definition) is 8. The zero-order valence-corrected chi connectivity index (χ0v) is 30.0. The molecule has 2 heterocycles. The second-order valence-electron chi connectivity index (χ2n) is 11.8. The van der Waals surface area contributed by atoms with Gasteiger partial charge in [0, 0.05) is 68.8 Å². The fraction of sp³-hybridized carbons (Fsp3) is 0.571. The molecule has 0 bridgehead atoms. The molecule has 0 saturated heterocycles. The van der Waals surface area contributed by atoms with Crippen LogP contribution in [0.2, 0.25) is 0 Å². The van der Waals surface area contributed by atoms with Gasteiger partial charge < -0.3 is 19.1 Å². The summed E-state index contributed by atoms with van der Waals surface area (Å²) in [7, 11) is 0. The Morgan fingerprint density at radius 2 is 2.07 bits per heavy atom. The summed E-state index contributed by atoms with van der Waals surface area (Å²) >= 11 is 0.497. The van der Waals surface area contributed by atoms with E-state index in [-0.39, 0.29) is 18.9 Å². The minimum Gasteiger partial charge on any atom is -0.598 e. The maximum Gasteiger partial charge on any atom is 0.191 e. The van der Waals surface area contributed by atoms with Crippen LogP contribution in [-0.2, 0) is 37.4 Å². The van der Waals surface area contributed by atoms with Crippen LogP contribution in [0.1, 0.15) is 95.2 Å². The smallest absolute Gasteiger partial charge is 0.191 e. The number of aliphatic hydroxyl groups excluding tert-OH is 1. The van der Waals surface area contributed by atoms with Crippen molar-refractivity contribution in [2.75, 3.05) is 30.8 Å². The molecule has 2 aromatic rings. The van der Waals surface area contributed by atoms with Crippen molar-refractivity contribution in [3.05, 3.63) is 63.9 Å². The molecule has 0 amide bonds. The molecule has 8 nitrogen and oxygen atoms in total. The summed E-state index contributed by atoms with van der Waals surface area (Å²) in [4.78, 5) is 12.8. The summed E-state index contributed by atoms with van der Waals surface area (Å²) in [6.07, 6.45) is 16.8. The van der Waals surface area contributed by atoms with Crippen LogP contribution in [0.15, 0.2) is 41.8 Å². The number of imidazole rings is 1. The van der Waals surface area contributed by atoms with Gasteiger partial charge in [0.05, 0.1) is 28.9 Å². The average Bonchev–Trinajstić information content (AvgIpc) is 3.54. The number of thiazole rings is 1. The Kier molecular flexibility index (Phi) is 15.7. The minimum atomic E-state index is -0.928. The molecule has 0 saturated carbocycles. The van der Waals surface area contributed by atoms with Crippen LogP contribution in [0.3, 0.4) is 0 Å². The van der Waals surface area contributed by atoms with E-state index in [0.717, 1.165) is 73.2 Å². The number of nitrogens with zero attached hydrogens (tertiary/aromatic N) is 6. The van der Waals surface area contributed by atoms with Crippen molar-refractivity contribution >= 4 is 39.2 Å². The second-order valence-corrected chi connectivity index (χ2v) is 14.2. The van der Waals surface area contributed by atoms with Gasteiger partial charge in [-0.05, 0) is 51.5 Å². The van der Waals surface area contributed by atoms with Gasteiger partial charge in [0.15, 0.2) is 5.13 Å². The number of aryl methyl sites for hydroxylation is 2. The summed E-state index contributed by atoms with van der Waals surface area (Å²) in [6.45, 7) is 13.6. The molecule has 2 unspecified atom stereocenters. The Labute approximate surface area is 282 Å². The molecule has 1 aliphatic rings. The standard InChI is InChI=1S/C35H51FN6O2S2/c1-7-21-40(46(6)44)22-12-13-26(4)24-27(5)19-23-42-32(8-2)38-30(16-11-20-37)34(42)41(9-3)35-39-33(31(25-43)45-35)28-14-10-15-29(36)18-17-28/h10,14,17-19,26,43H,7-9,11-13,15-16,21-25H2,1-6H3/b27-19+. The molecule has 0 fully saturated rings. The van der Waals surface area contributed by atoms with Gasteiger partial charge in [-0.15, -0.1) is 4.31 Å².